The van der Waals surface area contributed by atoms with E-state index in [4.69, 9.17) is 9.47 Å². The molecule has 1 amide bonds. The summed E-state index contributed by atoms with van der Waals surface area (Å²) in [7, 11) is 1.59. The van der Waals surface area contributed by atoms with Crippen LogP contribution < -0.4 is 9.47 Å². The molecule has 0 spiro atoms. The van der Waals surface area contributed by atoms with Gasteiger partial charge in [-0.15, -0.1) is 0 Å². The number of amides is 1. The number of para-hydroxylation sites is 2. The van der Waals surface area contributed by atoms with Crippen molar-refractivity contribution in [1.82, 2.24) is 9.88 Å². The van der Waals surface area contributed by atoms with Crippen LogP contribution in [0.15, 0.2) is 67.0 Å². The molecule has 0 fully saturated rings. The van der Waals surface area contributed by atoms with Crippen LogP contribution in [0.1, 0.15) is 28.3 Å². The third-order valence-corrected chi connectivity index (χ3v) is 5.27. The van der Waals surface area contributed by atoms with Gasteiger partial charge < -0.3 is 14.4 Å². The smallest absolute Gasteiger partial charge is 0.261 e. The molecular formula is C24H24N2O3. The zero-order valence-electron chi connectivity index (χ0n) is 16.7. The molecule has 1 aliphatic rings. The molecule has 0 saturated carbocycles. The number of rotatable bonds is 5. The highest BCUT2D eigenvalue weighted by Crippen LogP contribution is 2.35. The van der Waals surface area contributed by atoms with Gasteiger partial charge in [0.1, 0.15) is 0 Å². The molecule has 0 aliphatic carbocycles. The lowest BCUT2D eigenvalue weighted by atomic mass is 9.88. The van der Waals surface area contributed by atoms with Crippen LogP contribution in [0.5, 0.6) is 11.5 Å². The van der Waals surface area contributed by atoms with E-state index in [9.17, 15) is 4.79 Å². The van der Waals surface area contributed by atoms with E-state index in [2.05, 4.69) is 30.1 Å². The minimum atomic E-state index is -0.165. The quantitative estimate of drug-likeness (QED) is 0.664. The molecule has 1 unspecified atom stereocenters. The van der Waals surface area contributed by atoms with Crippen LogP contribution in [0.25, 0.3) is 0 Å². The predicted molar refractivity (Wildman–Crippen MR) is 111 cm³/mol. The van der Waals surface area contributed by atoms with Crippen molar-refractivity contribution < 1.29 is 14.3 Å². The molecule has 29 heavy (non-hydrogen) atoms. The summed E-state index contributed by atoms with van der Waals surface area (Å²) in [5, 5.41) is 0. The Morgan fingerprint density at radius 2 is 1.97 bits per heavy atom. The fourth-order valence-corrected chi connectivity index (χ4v) is 3.88. The van der Waals surface area contributed by atoms with E-state index in [1.807, 2.05) is 41.4 Å². The summed E-state index contributed by atoms with van der Waals surface area (Å²) in [6.45, 7) is 2.69. The Morgan fingerprint density at radius 1 is 1.14 bits per heavy atom. The molecule has 1 aliphatic heterocycles. The maximum atomic E-state index is 13.2. The van der Waals surface area contributed by atoms with Gasteiger partial charge in [-0.05, 0) is 48.2 Å². The first-order valence-corrected chi connectivity index (χ1v) is 9.72. The minimum Gasteiger partial charge on any atom is -0.493 e. The molecule has 3 aromatic rings. The van der Waals surface area contributed by atoms with Gasteiger partial charge in [0.05, 0.1) is 13.2 Å². The summed E-state index contributed by atoms with van der Waals surface area (Å²) < 4.78 is 11.1. The Kier molecular flexibility index (Phi) is 5.47. The Hall–Kier alpha value is -3.34. The molecule has 148 valence electrons. The minimum absolute atomic E-state index is 0.0433. The number of hydrogen-bond acceptors (Lipinski definition) is 4. The number of ether oxygens (including phenoxy) is 2. The number of hydrogen-bond donors (Lipinski definition) is 0. The summed E-state index contributed by atoms with van der Waals surface area (Å²) in [4.78, 5) is 19.3. The molecule has 5 nitrogen and oxygen atoms in total. The molecule has 0 radical (unpaired) electrons. The highest BCUT2D eigenvalue weighted by atomic mass is 16.5. The number of nitrogens with zero attached hydrogens (tertiary/aromatic N) is 2. The van der Waals surface area contributed by atoms with Gasteiger partial charge >= 0.3 is 0 Å². The van der Waals surface area contributed by atoms with Crippen molar-refractivity contribution in [2.45, 2.75) is 19.4 Å². The van der Waals surface area contributed by atoms with Gasteiger partial charge in [-0.2, -0.15) is 0 Å². The van der Waals surface area contributed by atoms with E-state index in [0.29, 0.717) is 18.0 Å². The average Bonchev–Trinajstić information content (AvgIpc) is 2.77. The molecule has 2 heterocycles. The van der Waals surface area contributed by atoms with Crippen molar-refractivity contribution in [1.29, 1.82) is 0 Å². The predicted octanol–water partition coefficient (Wildman–Crippen LogP) is 3.95. The average molecular weight is 388 g/mol. The summed E-state index contributed by atoms with van der Waals surface area (Å²) in [5.74, 6) is 1.12. The van der Waals surface area contributed by atoms with Crippen LogP contribution in [0.3, 0.4) is 0 Å². The SMILES string of the molecule is COc1ccccc1OCC(=O)N1CCc2cc(C)ccc2C1c1cccnc1. The topological polar surface area (TPSA) is 51.7 Å². The van der Waals surface area contributed by atoms with Gasteiger partial charge in [0.2, 0.25) is 0 Å². The van der Waals surface area contributed by atoms with E-state index in [0.717, 1.165) is 17.5 Å². The lowest BCUT2D eigenvalue weighted by Crippen LogP contribution is -2.43. The van der Waals surface area contributed by atoms with Gasteiger partial charge in [-0.25, -0.2) is 0 Å². The summed E-state index contributed by atoms with van der Waals surface area (Å²) in [6.07, 6.45) is 4.41. The molecule has 4 rings (SSSR count). The number of carbonyl (C=O) groups excluding carboxylic acids is 1. The fourth-order valence-electron chi connectivity index (χ4n) is 3.88. The van der Waals surface area contributed by atoms with Crippen molar-refractivity contribution in [3.63, 3.8) is 0 Å². The van der Waals surface area contributed by atoms with Gasteiger partial charge in [0.25, 0.3) is 5.91 Å². The Morgan fingerprint density at radius 3 is 2.72 bits per heavy atom. The normalized spacial score (nSPS) is 15.5. The van der Waals surface area contributed by atoms with E-state index >= 15 is 0 Å². The van der Waals surface area contributed by atoms with Crippen molar-refractivity contribution in [2.75, 3.05) is 20.3 Å². The lowest BCUT2D eigenvalue weighted by molar-refractivity contribution is -0.135. The molecule has 1 aromatic heterocycles. The number of pyridine rings is 1. The van der Waals surface area contributed by atoms with E-state index in [-0.39, 0.29) is 18.6 Å². The van der Waals surface area contributed by atoms with Crippen LogP contribution in [0, 0.1) is 6.92 Å². The highest BCUT2D eigenvalue weighted by Gasteiger charge is 2.32. The number of aromatic nitrogens is 1. The van der Waals surface area contributed by atoms with Gasteiger partial charge in [-0.1, -0.05) is 42.0 Å². The molecule has 5 heteroatoms. The highest BCUT2D eigenvalue weighted by molar-refractivity contribution is 5.79. The first-order valence-electron chi connectivity index (χ1n) is 9.72. The van der Waals surface area contributed by atoms with Crippen LogP contribution in [0.2, 0.25) is 0 Å². The molecular weight excluding hydrogens is 364 g/mol. The van der Waals surface area contributed by atoms with Crippen molar-refractivity contribution >= 4 is 5.91 Å². The van der Waals surface area contributed by atoms with Crippen molar-refractivity contribution in [2.24, 2.45) is 0 Å². The Balaban J connectivity index is 1.61. The number of benzene rings is 2. The third-order valence-electron chi connectivity index (χ3n) is 5.27. The number of fused-ring (bicyclic) bond motifs is 1. The maximum Gasteiger partial charge on any atom is 0.261 e. The standard InChI is InChI=1S/C24H24N2O3/c1-17-9-10-20-18(14-17)11-13-26(24(20)19-6-5-12-25-15-19)23(27)16-29-22-8-4-3-7-21(22)28-2/h3-10,12,14-15,24H,11,13,16H2,1-2H3. The zero-order chi connectivity index (χ0) is 20.2. The van der Waals surface area contributed by atoms with Crippen molar-refractivity contribution in [3.05, 3.63) is 89.2 Å². The number of aryl methyl sites for hydroxylation is 1. The zero-order valence-corrected chi connectivity index (χ0v) is 16.7. The second kappa shape index (κ2) is 8.35. The fraction of sp³-hybridized carbons (Fsp3) is 0.250. The van der Waals surface area contributed by atoms with Gasteiger partial charge in [-0.3, -0.25) is 9.78 Å². The van der Waals surface area contributed by atoms with Gasteiger partial charge in [0.15, 0.2) is 18.1 Å². The van der Waals surface area contributed by atoms with Crippen LogP contribution >= 0.6 is 0 Å². The first kappa shape index (κ1) is 19.0. The third kappa shape index (κ3) is 3.94. The van der Waals surface area contributed by atoms with Crippen LogP contribution in [-0.4, -0.2) is 36.1 Å². The molecule has 1 atom stereocenters. The second-order valence-electron chi connectivity index (χ2n) is 7.17. The lowest BCUT2D eigenvalue weighted by Gasteiger charge is -2.37. The van der Waals surface area contributed by atoms with Crippen molar-refractivity contribution in [3.8, 4) is 11.5 Å². The Bertz CT molecular complexity index is 1000. The maximum absolute atomic E-state index is 13.2. The van der Waals surface area contributed by atoms with E-state index in [1.54, 1.807) is 19.4 Å². The van der Waals surface area contributed by atoms with Gasteiger partial charge in [0, 0.05) is 18.9 Å². The first-order chi connectivity index (χ1) is 14.2. The molecule has 2 aromatic carbocycles. The molecule has 0 bridgehead atoms. The van der Waals surface area contributed by atoms with E-state index < -0.39 is 0 Å². The summed E-state index contributed by atoms with van der Waals surface area (Å²) in [6, 6.07) is 17.6. The Labute approximate surface area is 170 Å². The summed E-state index contributed by atoms with van der Waals surface area (Å²) in [5.41, 5.74) is 4.67. The molecule has 0 saturated heterocycles. The number of methoxy groups -OCH3 is 1. The van der Waals surface area contributed by atoms with Crippen LogP contribution in [-0.2, 0) is 11.2 Å². The van der Waals surface area contributed by atoms with Crippen LogP contribution in [0.4, 0.5) is 0 Å². The second-order valence-corrected chi connectivity index (χ2v) is 7.17. The molecule has 0 N–H and O–H groups in total. The monoisotopic (exact) mass is 388 g/mol. The summed E-state index contributed by atoms with van der Waals surface area (Å²) >= 11 is 0. The van der Waals surface area contributed by atoms with E-state index in [1.165, 1.54) is 11.1 Å². The number of carbonyl (C=O) groups is 1. The largest absolute Gasteiger partial charge is 0.493 e.